The molecule has 1 nitrogen and oxygen atoms in total. The van der Waals surface area contributed by atoms with Crippen LogP contribution in [0.2, 0.25) is 5.02 Å². The van der Waals surface area contributed by atoms with Crippen LogP contribution in [-0.2, 0) is 6.54 Å². The Morgan fingerprint density at radius 2 is 2.20 bits per heavy atom. The zero-order valence-electron chi connectivity index (χ0n) is 7.84. The molecule has 1 aromatic heterocycles. The summed E-state index contributed by atoms with van der Waals surface area (Å²) in [6.07, 6.45) is 0. The van der Waals surface area contributed by atoms with Gasteiger partial charge < -0.3 is 5.32 Å². The smallest absolute Gasteiger partial charge is 0.0701 e. The van der Waals surface area contributed by atoms with Gasteiger partial charge in [0.1, 0.15) is 0 Å². The maximum absolute atomic E-state index is 5.89. The molecule has 78 valence electrons. The zero-order valence-corrected chi connectivity index (χ0v) is 11.0. The van der Waals surface area contributed by atoms with Crippen molar-refractivity contribution in [2.24, 2.45) is 0 Å². The summed E-state index contributed by atoms with van der Waals surface area (Å²) in [4.78, 5) is 0. The van der Waals surface area contributed by atoms with Crippen LogP contribution in [0.5, 0.6) is 0 Å². The third-order valence-electron chi connectivity index (χ3n) is 1.94. The van der Waals surface area contributed by atoms with E-state index in [-0.39, 0.29) is 0 Å². The third-order valence-corrected chi connectivity index (χ3v) is 3.73. The van der Waals surface area contributed by atoms with Gasteiger partial charge in [0, 0.05) is 17.3 Å². The highest BCUT2D eigenvalue weighted by molar-refractivity contribution is 9.11. The summed E-state index contributed by atoms with van der Waals surface area (Å²) in [6.45, 7) is 0.822. The SMILES string of the molecule is Clc1cccc(NCc2csc(Br)c2)c1. The summed E-state index contributed by atoms with van der Waals surface area (Å²) in [5.74, 6) is 0. The van der Waals surface area contributed by atoms with Crippen LogP contribution < -0.4 is 5.32 Å². The van der Waals surface area contributed by atoms with Crippen LogP contribution in [0.15, 0.2) is 39.5 Å². The molecule has 1 aromatic carbocycles. The lowest BCUT2D eigenvalue weighted by Crippen LogP contribution is -1.97. The Bertz CT molecular complexity index is 455. The maximum atomic E-state index is 5.89. The number of anilines is 1. The van der Waals surface area contributed by atoms with Crippen molar-refractivity contribution >= 4 is 44.6 Å². The highest BCUT2D eigenvalue weighted by atomic mass is 79.9. The first-order chi connectivity index (χ1) is 7.24. The van der Waals surface area contributed by atoms with Crippen molar-refractivity contribution in [1.29, 1.82) is 0 Å². The third kappa shape index (κ3) is 3.23. The molecule has 0 atom stereocenters. The van der Waals surface area contributed by atoms with E-state index in [2.05, 4.69) is 32.7 Å². The molecule has 0 amide bonds. The number of nitrogens with one attached hydrogen (secondary N) is 1. The molecule has 0 spiro atoms. The first kappa shape index (κ1) is 11.0. The Morgan fingerprint density at radius 3 is 2.87 bits per heavy atom. The van der Waals surface area contributed by atoms with Crippen molar-refractivity contribution in [2.45, 2.75) is 6.54 Å². The predicted molar refractivity (Wildman–Crippen MR) is 70.8 cm³/mol. The van der Waals surface area contributed by atoms with Gasteiger partial charge in [0.25, 0.3) is 0 Å². The standard InChI is InChI=1S/C11H9BrClNS/c12-11-4-8(7-15-11)6-14-10-3-1-2-9(13)5-10/h1-5,7,14H,6H2. The van der Waals surface area contributed by atoms with Gasteiger partial charge in [-0.1, -0.05) is 17.7 Å². The van der Waals surface area contributed by atoms with Gasteiger partial charge in [-0.2, -0.15) is 0 Å². The van der Waals surface area contributed by atoms with Crippen LogP contribution >= 0.6 is 38.9 Å². The van der Waals surface area contributed by atoms with Crippen LogP contribution in [0, 0.1) is 0 Å². The van der Waals surface area contributed by atoms with Crippen LogP contribution in [0.4, 0.5) is 5.69 Å². The van der Waals surface area contributed by atoms with Gasteiger partial charge in [0.2, 0.25) is 0 Å². The fourth-order valence-corrected chi connectivity index (χ4v) is 2.64. The van der Waals surface area contributed by atoms with Gasteiger partial charge in [-0.25, -0.2) is 0 Å². The van der Waals surface area contributed by atoms with Crippen LogP contribution in [0.3, 0.4) is 0 Å². The molecule has 1 heterocycles. The molecule has 15 heavy (non-hydrogen) atoms. The number of benzene rings is 1. The molecular formula is C11H9BrClNS. The molecule has 0 fully saturated rings. The van der Waals surface area contributed by atoms with Crippen molar-refractivity contribution in [3.8, 4) is 0 Å². The van der Waals surface area contributed by atoms with Gasteiger partial charge in [0.05, 0.1) is 3.79 Å². The molecule has 0 saturated carbocycles. The van der Waals surface area contributed by atoms with Crippen LogP contribution in [-0.4, -0.2) is 0 Å². The number of hydrogen-bond donors (Lipinski definition) is 1. The number of thiophene rings is 1. The first-order valence-corrected chi connectivity index (χ1v) is 6.51. The van der Waals surface area contributed by atoms with E-state index in [4.69, 9.17) is 11.6 Å². The molecule has 2 aromatic rings. The van der Waals surface area contributed by atoms with Crippen LogP contribution in [0.25, 0.3) is 0 Å². The normalized spacial score (nSPS) is 10.3. The molecule has 2 rings (SSSR count). The van der Waals surface area contributed by atoms with E-state index in [0.29, 0.717) is 0 Å². The molecule has 1 N–H and O–H groups in total. The highest BCUT2D eigenvalue weighted by Gasteiger charge is 1.97. The van der Waals surface area contributed by atoms with Gasteiger partial charge in [-0.05, 0) is 51.1 Å². The number of rotatable bonds is 3. The average molecular weight is 303 g/mol. The van der Waals surface area contributed by atoms with Crippen molar-refractivity contribution in [3.63, 3.8) is 0 Å². The van der Waals surface area contributed by atoms with Gasteiger partial charge in [0.15, 0.2) is 0 Å². The van der Waals surface area contributed by atoms with E-state index in [1.165, 1.54) is 5.56 Å². The first-order valence-electron chi connectivity index (χ1n) is 4.46. The van der Waals surface area contributed by atoms with Gasteiger partial charge in [-0.3, -0.25) is 0 Å². The molecule has 0 radical (unpaired) electrons. The van der Waals surface area contributed by atoms with Crippen molar-refractivity contribution in [1.82, 2.24) is 0 Å². The van der Waals surface area contributed by atoms with E-state index in [1.807, 2.05) is 24.3 Å². The summed E-state index contributed by atoms with van der Waals surface area (Å²) >= 11 is 11.0. The summed E-state index contributed by atoms with van der Waals surface area (Å²) in [7, 11) is 0. The van der Waals surface area contributed by atoms with Crippen LogP contribution in [0.1, 0.15) is 5.56 Å². The summed E-state index contributed by atoms with van der Waals surface area (Å²) < 4.78 is 1.16. The average Bonchev–Trinajstić information content (AvgIpc) is 2.62. The Labute approximate surface area is 106 Å². The number of hydrogen-bond acceptors (Lipinski definition) is 2. The molecule has 0 saturated heterocycles. The molecule has 0 aliphatic carbocycles. The Morgan fingerprint density at radius 1 is 1.33 bits per heavy atom. The fraction of sp³-hybridized carbons (Fsp3) is 0.0909. The van der Waals surface area contributed by atoms with E-state index >= 15 is 0 Å². The second-order valence-corrected chi connectivity index (χ2v) is 5.85. The monoisotopic (exact) mass is 301 g/mol. The van der Waals surface area contributed by atoms with Crippen molar-refractivity contribution < 1.29 is 0 Å². The van der Waals surface area contributed by atoms with E-state index < -0.39 is 0 Å². The molecule has 0 aliphatic rings. The number of halogens is 2. The molecule has 4 heteroatoms. The Balaban J connectivity index is 1.99. The van der Waals surface area contributed by atoms with Crippen molar-refractivity contribution in [3.05, 3.63) is 50.1 Å². The predicted octanol–water partition coefficient (Wildman–Crippen LogP) is 4.78. The Kier molecular flexibility index (Phi) is 3.67. The second kappa shape index (κ2) is 5.01. The van der Waals surface area contributed by atoms with Gasteiger partial charge >= 0.3 is 0 Å². The lowest BCUT2D eigenvalue weighted by atomic mass is 10.3. The van der Waals surface area contributed by atoms with E-state index in [0.717, 1.165) is 21.0 Å². The van der Waals surface area contributed by atoms with E-state index in [9.17, 15) is 0 Å². The summed E-state index contributed by atoms with van der Waals surface area (Å²) in [5, 5.41) is 6.20. The summed E-state index contributed by atoms with van der Waals surface area (Å²) in [6, 6.07) is 9.85. The fourth-order valence-electron chi connectivity index (χ4n) is 1.24. The molecule has 0 aliphatic heterocycles. The van der Waals surface area contributed by atoms with Crippen molar-refractivity contribution in [2.75, 3.05) is 5.32 Å². The quantitative estimate of drug-likeness (QED) is 0.860. The minimum Gasteiger partial charge on any atom is -0.381 e. The minimum atomic E-state index is 0.756. The molecular weight excluding hydrogens is 294 g/mol. The lowest BCUT2D eigenvalue weighted by Gasteiger charge is -2.04. The molecule has 0 bridgehead atoms. The zero-order chi connectivity index (χ0) is 10.7. The Hall–Kier alpha value is -0.510. The largest absolute Gasteiger partial charge is 0.381 e. The van der Waals surface area contributed by atoms with Gasteiger partial charge in [-0.15, -0.1) is 11.3 Å². The second-order valence-electron chi connectivity index (χ2n) is 3.12. The topological polar surface area (TPSA) is 12.0 Å². The molecule has 0 unspecified atom stereocenters. The minimum absolute atomic E-state index is 0.756. The van der Waals surface area contributed by atoms with E-state index in [1.54, 1.807) is 11.3 Å². The lowest BCUT2D eigenvalue weighted by molar-refractivity contribution is 1.16. The summed E-state index contributed by atoms with van der Waals surface area (Å²) in [5.41, 5.74) is 2.32. The maximum Gasteiger partial charge on any atom is 0.0701 e. The highest BCUT2D eigenvalue weighted by Crippen LogP contribution is 2.22.